The maximum atomic E-state index is 14.2. The summed E-state index contributed by atoms with van der Waals surface area (Å²) in [5.74, 6) is -1.07. The van der Waals surface area contributed by atoms with Gasteiger partial charge in [-0.15, -0.1) is 12.4 Å². The van der Waals surface area contributed by atoms with Crippen LogP contribution < -0.4 is 14.8 Å². The molecule has 2 unspecified atom stereocenters. The van der Waals surface area contributed by atoms with E-state index in [1.54, 1.807) is 6.92 Å². The highest BCUT2D eigenvalue weighted by molar-refractivity contribution is 7.92. The minimum Gasteiger partial charge on any atom is -0.313 e. The summed E-state index contributed by atoms with van der Waals surface area (Å²) >= 11 is 0. The van der Waals surface area contributed by atoms with Gasteiger partial charge in [-0.2, -0.15) is 0 Å². The highest BCUT2D eigenvalue weighted by atomic mass is 35.5. The van der Waals surface area contributed by atoms with E-state index in [0.29, 0.717) is 12.8 Å². The number of anilines is 1. The number of halogens is 2. The molecule has 0 aromatic heterocycles. The summed E-state index contributed by atoms with van der Waals surface area (Å²) < 4.78 is 67.2. The first kappa shape index (κ1) is 23.1. The lowest BCUT2D eigenvalue weighted by atomic mass is 10.0. The van der Waals surface area contributed by atoms with E-state index in [0.717, 1.165) is 25.1 Å². The number of nitrogens with one attached hydrogen (secondary N) is 3. The van der Waals surface area contributed by atoms with Crippen molar-refractivity contribution in [1.82, 2.24) is 10.0 Å². The molecule has 1 heterocycles. The zero-order chi connectivity index (χ0) is 18.7. The molecule has 1 saturated heterocycles. The number of piperidine rings is 1. The second kappa shape index (κ2) is 9.32. The van der Waals surface area contributed by atoms with E-state index in [2.05, 4.69) is 14.8 Å². The molecule has 150 valence electrons. The summed E-state index contributed by atoms with van der Waals surface area (Å²) in [6.45, 7) is 4.41. The number of sulfonamides is 2. The Bertz CT molecular complexity index is 818. The predicted octanol–water partition coefficient (Wildman–Crippen LogP) is 1.82. The molecule has 0 spiro atoms. The van der Waals surface area contributed by atoms with Crippen LogP contribution in [-0.2, 0) is 20.0 Å². The highest BCUT2D eigenvalue weighted by Gasteiger charge is 2.27. The topological polar surface area (TPSA) is 104 Å². The van der Waals surface area contributed by atoms with E-state index < -0.39 is 25.9 Å². The van der Waals surface area contributed by atoms with E-state index >= 15 is 0 Å². The highest BCUT2D eigenvalue weighted by Crippen LogP contribution is 2.21. The summed E-state index contributed by atoms with van der Waals surface area (Å²) in [7, 11) is -7.54. The lowest BCUT2D eigenvalue weighted by Gasteiger charge is -2.30. The molecule has 0 aliphatic carbocycles. The van der Waals surface area contributed by atoms with Crippen molar-refractivity contribution in [2.45, 2.75) is 50.1 Å². The molecule has 1 aromatic carbocycles. The average Bonchev–Trinajstić information content (AvgIpc) is 2.51. The van der Waals surface area contributed by atoms with Gasteiger partial charge in [-0.3, -0.25) is 4.72 Å². The Morgan fingerprint density at radius 3 is 2.54 bits per heavy atom. The van der Waals surface area contributed by atoms with Gasteiger partial charge in [0.05, 0.1) is 16.3 Å². The predicted molar refractivity (Wildman–Crippen MR) is 102 cm³/mol. The first-order valence-corrected chi connectivity index (χ1v) is 11.3. The second-order valence-electron chi connectivity index (χ2n) is 6.18. The van der Waals surface area contributed by atoms with Crippen molar-refractivity contribution in [2.24, 2.45) is 0 Å². The minimum absolute atomic E-state index is 0. The molecule has 1 fully saturated rings. The van der Waals surface area contributed by atoms with Crippen LogP contribution in [-0.4, -0.2) is 41.2 Å². The van der Waals surface area contributed by atoms with E-state index in [1.807, 2.05) is 6.92 Å². The smallest absolute Gasteiger partial charge is 0.240 e. The molecule has 1 aromatic rings. The van der Waals surface area contributed by atoms with Crippen LogP contribution in [0.4, 0.5) is 10.1 Å². The van der Waals surface area contributed by atoms with Crippen LogP contribution >= 0.6 is 12.4 Å². The quantitative estimate of drug-likeness (QED) is 0.613. The molecule has 0 bridgehead atoms. The van der Waals surface area contributed by atoms with Crippen LogP contribution in [0.5, 0.6) is 0 Å². The van der Waals surface area contributed by atoms with Crippen molar-refractivity contribution in [3.63, 3.8) is 0 Å². The Kier molecular flexibility index (Phi) is 8.28. The third-order valence-electron chi connectivity index (χ3n) is 4.06. The van der Waals surface area contributed by atoms with Crippen molar-refractivity contribution in [2.75, 3.05) is 17.0 Å². The van der Waals surface area contributed by atoms with Crippen molar-refractivity contribution < 1.29 is 21.2 Å². The Hall–Kier alpha value is -0.940. The maximum absolute atomic E-state index is 14.2. The molecule has 1 aliphatic heterocycles. The molecule has 2 atom stereocenters. The third-order valence-corrected chi connectivity index (χ3v) is 7.02. The summed E-state index contributed by atoms with van der Waals surface area (Å²) in [4.78, 5) is -0.235. The van der Waals surface area contributed by atoms with Crippen molar-refractivity contribution in [3.8, 4) is 0 Å². The molecule has 3 N–H and O–H groups in total. The lowest BCUT2D eigenvalue weighted by molar-refractivity contribution is 0.349. The standard InChI is InChI=1S/C15H24FN3O4S2.ClH/c1-3-9-24(20,21)18-15-7-6-12(10-13(15)16)25(22,23)19-14-5-4-8-17-11(14)2;/h6-7,10-11,14,17-19H,3-5,8-9H2,1-2H3;1H. The van der Waals surface area contributed by atoms with Gasteiger partial charge in [-0.05, 0) is 50.9 Å². The molecular formula is C15H25ClFN3O4S2. The van der Waals surface area contributed by atoms with Gasteiger partial charge in [0.2, 0.25) is 20.0 Å². The first-order valence-electron chi connectivity index (χ1n) is 8.20. The monoisotopic (exact) mass is 429 g/mol. The molecule has 7 nitrogen and oxygen atoms in total. The minimum atomic E-state index is -3.89. The first-order chi connectivity index (χ1) is 11.6. The second-order valence-corrected chi connectivity index (χ2v) is 9.73. The van der Waals surface area contributed by atoms with Gasteiger partial charge in [0.1, 0.15) is 5.82 Å². The number of hydrogen-bond donors (Lipinski definition) is 3. The van der Waals surface area contributed by atoms with Crippen LogP contribution in [0.15, 0.2) is 23.1 Å². The Balaban J connectivity index is 0.00000338. The van der Waals surface area contributed by atoms with E-state index in [9.17, 15) is 21.2 Å². The summed E-state index contributed by atoms with van der Waals surface area (Å²) in [5, 5.41) is 3.19. The van der Waals surface area contributed by atoms with Gasteiger partial charge in [0, 0.05) is 12.1 Å². The van der Waals surface area contributed by atoms with Crippen LogP contribution in [0.3, 0.4) is 0 Å². The summed E-state index contributed by atoms with van der Waals surface area (Å²) in [6.07, 6.45) is 1.94. The van der Waals surface area contributed by atoms with Crippen molar-refractivity contribution in [3.05, 3.63) is 24.0 Å². The molecule has 1 aliphatic rings. The Morgan fingerprint density at radius 1 is 1.27 bits per heavy atom. The van der Waals surface area contributed by atoms with E-state index in [1.165, 1.54) is 6.07 Å². The van der Waals surface area contributed by atoms with Crippen LogP contribution in [0.1, 0.15) is 33.1 Å². The zero-order valence-electron chi connectivity index (χ0n) is 14.7. The SMILES string of the molecule is CCCS(=O)(=O)Nc1ccc(S(=O)(=O)NC2CCCNC2C)cc1F.Cl. The molecular weight excluding hydrogens is 405 g/mol. The molecule has 11 heteroatoms. The number of hydrogen-bond acceptors (Lipinski definition) is 5. The van der Waals surface area contributed by atoms with Gasteiger partial charge >= 0.3 is 0 Å². The van der Waals surface area contributed by atoms with Crippen LogP contribution in [0.25, 0.3) is 0 Å². The Labute approximate surface area is 160 Å². The normalized spacial score (nSPS) is 21.0. The van der Waals surface area contributed by atoms with Crippen molar-refractivity contribution >= 4 is 38.1 Å². The molecule has 0 radical (unpaired) electrons. The number of rotatable bonds is 7. The third kappa shape index (κ3) is 6.05. The average molecular weight is 430 g/mol. The number of benzene rings is 1. The van der Waals surface area contributed by atoms with E-state index in [4.69, 9.17) is 0 Å². The fourth-order valence-corrected chi connectivity index (χ4v) is 5.21. The van der Waals surface area contributed by atoms with Crippen LogP contribution in [0, 0.1) is 5.82 Å². The fraction of sp³-hybridized carbons (Fsp3) is 0.600. The van der Waals surface area contributed by atoms with Gasteiger partial charge in [0.25, 0.3) is 0 Å². The zero-order valence-corrected chi connectivity index (χ0v) is 17.1. The fourth-order valence-electron chi connectivity index (χ4n) is 2.71. The van der Waals surface area contributed by atoms with Gasteiger partial charge in [-0.25, -0.2) is 25.9 Å². The van der Waals surface area contributed by atoms with Gasteiger partial charge in [-0.1, -0.05) is 6.92 Å². The molecule has 0 saturated carbocycles. The Morgan fingerprint density at radius 2 is 1.96 bits per heavy atom. The van der Waals surface area contributed by atoms with Gasteiger partial charge in [0.15, 0.2) is 0 Å². The van der Waals surface area contributed by atoms with E-state index in [-0.39, 0.29) is 40.8 Å². The summed E-state index contributed by atoms with van der Waals surface area (Å²) in [5.41, 5.74) is -0.264. The molecule has 26 heavy (non-hydrogen) atoms. The summed E-state index contributed by atoms with van der Waals surface area (Å²) in [6, 6.07) is 2.85. The van der Waals surface area contributed by atoms with Crippen molar-refractivity contribution in [1.29, 1.82) is 0 Å². The van der Waals surface area contributed by atoms with Crippen LogP contribution in [0.2, 0.25) is 0 Å². The maximum Gasteiger partial charge on any atom is 0.240 e. The molecule has 2 rings (SSSR count). The lowest BCUT2D eigenvalue weighted by Crippen LogP contribution is -2.51. The van der Waals surface area contributed by atoms with Gasteiger partial charge < -0.3 is 5.32 Å². The molecule has 0 amide bonds. The largest absolute Gasteiger partial charge is 0.313 e.